The number of para-hydroxylation sites is 1. The second-order valence-electron chi connectivity index (χ2n) is 5.33. The van der Waals surface area contributed by atoms with Gasteiger partial charge in [-0.3, -0.25) is 4.79 Å². The van der Waals surface area contributed by atoms with Gasteiger partial charge in [0.05, 0.1) is 12.6 Å². The van der Waals surface area contributed by atoms with Crippen molar-refractivity contribution in [1.82, 2.24) is 5.32 Å². The van der Waals surface area contributed by atoms with Crippen molar-refractivity contribution in [3.63, 3.8) is 0 Å². The van der Waals surface area contributed by atoms with Crippen molar-refractivity contribution in [2.75, 3.05) is 18.0 Å². The number of carbonyl (C=O) groups excluding carboxylic acids is 1. The minimum Gasteiger partial charge on any atom is -0.392 e. The fourth-order valence-electron chi connectivity index (χ4n) is 2.24. The molecule has 0 aliphatic rings. The van der Waals surface area contributed by atoms with Crippen molar-refractivity contribution in [2.24, 2.45) is 0 Å². The molecule has 0 aliphatic heterocycles. The first-order valence-corrected chi connectivity index (χ1v) is 7.44. The van der Waals surface area contributed by atoms with Crippen molar-refractivity contribution >= 4 is 11.6 Å². The molecule has 0 unspecified atom stereocenters. The van der Waals surface area contributed by atoms with Gasteiger partial charge >= 0.3 is 0 Å². The highest BCUT2D eigenvalue weighted by molar-refractivity contribution is 5.81. The number of hydrogen-bond acceptors (Lipinski definition) is 3. The molecule has 1 amide bonds. The van der Waals surface area contributed by atoms with Crippen LogP contribution in [-0.2, 0) is 11.3 Å². The third-order valence-electron chi connectivity index (χ3n) is 3.27. The van der Waals surface area contributed by atoms with Crippen molar-refractivity contribution in [1.29, 1.82) is 0 Å². The number of anilines is 1. The third-order valence-corrected chi connectivity index (χ3v) is 3.27. The van der Waals surface area contributed by atoms with Gasteiger partial charge in [0.25, 0.3) is 0 Å². The predicted molar refractivity (Wildman–Crippen MR) is 88.6 cm³/mol. The second-order valence-corrected chi connectivity index (χ2v) is 5.33. The van der Waals surface area contributed by atoms with E-state index in [9.17, 15) is 9.90 Å². The molecule has 1 atom stereocenters. The standard InChI is InChI=1S/C18H22N2O2/c1-15(21)13-20(17-10-6-3-7-11-17)14-18(22)19-12-16-8-4-2-5-9-16/h2-11,15,21H,12-14H2,1H3,(H,19,22)/t15-/m1/s1. The summed E-state index contributed by atoms with van der Waals surface area (Å²) in [5.41, 5.74) is 2.00. The lowest BCUT2D eigenvalue weighted by Crippen LogP contribution is -2.40. The molecule has 0 bridgehead atoms. The van der Waals surface area contributed by atoms with E-state index in [4.69, 9.17) is 0 Å². The number of hydrogen-bond donors (Lipinski definition) is 2. The molecule has 0 radical (unpaired) electrons. The maximum atomic E-state index is 12.1. The van der Waals surface area contributed by atoms with E-state index in [1.165, 1.54) is 0 Å². The van der Waals surface area contributed by atoms with E-state index >= 15 is 0 Å². The summed E-state index contributed by atoms with van der Waals surface area (Å²) in [6.07, 6.45) is -0.498. The van der Waals surface area contributed by atoms with E-state index < -0.39 is 6.10 Å². The molecule has 0 aliphatic carbocycles. The number of nitrogens with one attached hydrogen (secondary N) is 1. The van der Waals surface area contributed by atoms with Crippen LogP contribution in [0, 0.1) is 0 Å². The summed E-state index contributed by atoms with van der Waals surface area (Å²) >= 11 is 0. The molecule has 2 aromatic rings. The average Bonchev–Trinajstić information content (AvgIpc) is 2.54. The highest BCUT2D eigenvalue weighted by Crippen LogP contribution is 2.13. The molecule has 4 heteroatoms. The van der Waals surface area contributed by atoms with Crippen LogP contribution < -0.4 is 10.2 Å². The lowest BCUT2D eigenvalue weighted by atomic mass is 10.2. The van der Waals surface area contributed by atoms with Gasteiger partial charge in [-0.2, -0.15) is 0 Å². The van der Waals surface area contributed by atoms with Gasteiger partial charge in [-0.05, 0) is 24.6 Å². The molecular formula is C18H22N2O2. The molecule has 0 aromatic heterocycles. The van der Waals surface area contributed by atoms with Crippen molar-refractivity contribution < 1.29 is 9.90 Å². The SMILES string of the molecule is C[C@@H](O)CN(CC(=O)NCc1ccccc1)c1ccccc1. The monoisotopic (exact) mass is 298 g/mol. The maximum absolute atomic E-state index is 12.1. The summed E-state index contributed by atoms with van der Waals surface area (Å²) in [7, 11) is 0. The molecule has 4 nitrogen and oxygen atoms in total. The molecule has 0 saturated carbocycles. The number of aliphatic hydroxyl groups excluding tert-OH is 1. The van der Waals surface area contributed by atoms with Crippen LogP contribution in [0.1, 0.15) is 12.5 Å². The van der Waals surface area contributed by atoms with Crippen molar-refractivity contribution in [3.8, 4) is 0 Å². The van der Waals surface area contributed by atoms with Crippen LogP contribution in [0.25, 0.3) is 0 Å². The molecule has 0 saturated heterocycles. The zero-order valence-electron chi connectivity index (χ0n) is 12.8. The van der Waals surface area contributed by atoms with Gasteiger partial charge in [-0.15, -0.1) is 0 Å². The predicted octanol–water partition coefficient (Wildman–Crippen LogP) is 2.19. The Kier molecular flexibility index (Phi) is 5.98. The van der Waals surface area contributed by atoms with Gasteiger partial charge in [-0.1, -0.05) is 48.5 Å². The first kappa shape index (κ1) is 16.0. The number of rotatable bonds is 7. The van der Waals surface area contributed by atoms with Gasteiger partial charge < -0.3 is 15.3 Å². The largest absolute Gasteiger partial charge is 0.392 e. The molecule has 116 valence electrons. The van der Waals surface area contributed by atoms with Crippen LogP contribution in [0.2, 0.25) is 0 Å². The first-order valence-electron chi connectivity index (χ1n) is 7.44. The average molecular weight is 298 g/mol. The van der Waals surface area contributed by atoms with Gasteiger partial charge in [0.2, 0.25) is 5.91 Å². The van der Waals surface area contributed by atoms with Crippen LogP contribution in [-0.4, -0.2) is 30.2 Å². The summed E-state index contributed by atoms with van der Waals surface area (Å²) in [5, 5.41) is 12.5. The molecule has 0 heterocycles. The smallest absolute Gasteiger partial charge is 0.239 e. The molecule has 2 aromatic carbocycles. The molecule has 0 fully saturated rings. The summed E-state index contributed by atoms with van der Waals surface area (Å²) in [6, 6.07) is 19.5. The third kappa shape index (κ3) is 5.22. The Morgan fingerprint density at radius 2 is 1.68 bits per heavy atom. The Morgan fingerprint density at radius 1 is 1.09 bits per heavy atom. The number of amides is 1. The van der Waals surface area contributed by atoms with Gasteiger partial charge in [0.15, 0.2) is 0 Å². The Labute approximate surface area is 131 Å². The lowest BCUT2D eigenvalue weighted by molar-refractivity contribution is -0.120. The second kappa shape index (κ2) is 8.20. The van der Waals surface area contributed by atoms with Crippen LogP contribution in [0.3, 0.4) is 0 Å². The minimum atomic E-state index is -0.498. The van der Waals surface area contributed by atoms with Gasteiger partial charge in [0, 0.05) is 18.8 Å². The van der Waals surface area contributed by atoms with Crippen LogP contribution in [0.15, 0.2) is 60.7 Å². The highest BCUT2D eigenvalue weighted by atomic mass is 16.3. The Bertz CT molecular complexity index is 570. The minimum absolute atomic E-state index is 0.0617. The van der Waals surface area contributed by atoms with Crippen molar-refractivity contribution in [3.05, 3.63) is 66.2 Å². The van der Waals surface area contributed by atoms with Crippen LogP contribution >= 0.6 is 0 Å². The topological polar surface area (TPSA) is 52.6 Å². The van der Waals surface area contributed by atoms with E-state index in [1.807, 2.05) is 65.6 Å². The fraction of sp³-hybridized carbons (Fsp3) is 0.278. The number of nitrogens with zero attached hydrogens (tertiary/aromatic N) is 1. The van der Waals surface area contributed by atoms with E-state index in [0.29, 0.717) is 13.1 Å². The number of aliphatic hydroxyl groups is 1. The lowest BCUT2D eigenvalue weighted by Gasteiger charge is -2.25. The molecule has 0 spiro atoms. The first-order chi connectivity index (χ1) is 10.6. The van der Waals surface area contributed by atoms with Gasteiger partial charge in [-0.25, -0.2) is 0 Å². The number of benzene rings is 2. The van der Waals surface area contributed by atoms with E-state index in [-0.39, 0.29) is 12.5 Å². The summed E-state index contributed by atoms with van der Waals surface area (Å²) < 4.78 is 0. The van der Waals surface area contributed by atoms with Crippen LogP contribution in [0.5, 0.6) is 0 Å². The van der Waals surface area contributed by atoms with Crippen molar-refractivity contribution in [2.45, 2.75) is 19.6 Å². The highest BCUT2D eigenvalue weighted by Gasteiger charge is 2.13. The van der Waals surface area contributed by atoms with E-state index in [1.54, 1.807) is 6.92 Å². The summed E-state index contributed by atoms with van der Waals surface area (Å²) in [6.45, 7) is 2.87. The maximum Gasteiger partial charge on any atom is 0.239 e. The Hall–Kier alpha value is -2.33. The zero-order chi connectivity index (χ0) is 15.8. The van der Waals surface area contributed by atoms with E-state index in [2.05, 4.69) is 5.32 Å². The molecule has 22 heavy (non-hydrogen) atoms. The van der Waals surface area contributed by atoms with Gasteiger partial charge in [0.1, 0.15) is 0 Å². The molecule has 2 N–H and O–H groups in total. The fourth-order valence-corrected chi connectivity index (χ4v) is 2.24. The van der Waals surface area contributed by atoms with E-state index in [0.717, 1.165) is 11.3 Å². The Morgan fingerprint density at radius 3 is 2.27 bits per heavy atom. The summed E-state index contributed by atoms with van der Waals surface area (Å²) in [4.78, 5) is 14.0. The summed E-state index contributed by atoms with van der Waals surface area (Å²) in [5.74, 6) is -0.0617. The van der Waals surface area contributed by atoms with Crippen LogP contribution in [0.4, 0.5) is 5.69 Å². The number of carbonyl (C=O) groups is 1. The quantitative estimate of drug-likeness (QED) is 0.824. The molecular weight excluding hydrogens is 276 g/mol. The zero-order valence-corrected chi connectivity index (χ0v) is 12.8. The Balaban J connectivity index is 1.93. The normalized spacial score (nSPS) is 11.7. The molecule has 2 rings (SSSR count).